The second kappa shape index (κ2) is 17.3. The van der Waals surface area contributed by atoms with Crippen molar-refractivity contribution in [3.63, 3.8) is 0 Å². The lowest BCUT2D eigenvalue weighted by atomic mass is 9.86. The van der Waals surface area contributed by atoms with E-state index in [4.69, 9.17) is 21.3 Å². The van der Waals surface area contributed by atoms with Crippen LogP contribution < -0.4 is 31.1 Å². The highest BCUT2D eigenvalue weighted by molar-refractivity contribution is 6.33. The number of nitrogens with one attached hydrogen (secondary N) is 3. The normalized spacial score (nSPS) is 18.3. The first-order valence-corrected chi connectivity index (χ1v) is 21.0. The summed E-state index contributed by atoms with van der Waals surface area (Å²) in [5.41, 5.74) is 1.19. The second-order valence-corrected chi connectivity index (χ2v) is 16.8. The molecular weight excluding hydrogens is 812 g/mol. The minimum absolute atomic E-state index is 0.0355. The number of likely N-dealkylation sites (tertiary alicyclic amines) is 1. The van der Waals surface area contributed by atoms with Gasteiger partial charge in [-0.15, -0.1) is 0 Å². The molecule has 1 unspecified atom stereocenters. The molecule has 322 valence electrons. The number of hydrogen-bond acceptors (Lipinski definition) is 12. The van der Waals surface area contributed by atoms with E-state index in [1.807, 2.05) is 19.9 Å². The molecule has 1 aromatic carbocycles. The van der Waals surface area contributed by atoms with Gasteiger partial charge in [-0.05, 0) is 89.1 Å². The largest absolute Gasteiger partial charge is 0.478 e. The summed E-state index contributed by atoms with van der Waals surface area (Å²) in [5.74, 6) is -2.12. The molecule has 3 N–H and O–H groups in total. The van der Waals surface area contributed by atoms with Crippen molar-refractivity contribution in [2.24, 2.45) is 13.0 Å². The van der Waals surface area contributed by atoms with Crippen molar-refractivity contribution in [2.45, 2.75) is 70.3 Å². The van der Waals surface area contributed by atoms with Crippen LogP contribution >= 0.6 is 11.6 Å². The SMILES string of the molecule is CNC(=O)COc1cc2cc(Nc3nc(N4CCC(CN5CCC(c6c(F)cc7c(C8CCC(=O)NC8=O)nn(C)c7c6F)CC5)CC4)ncc3Cl)cnc2n(C(C)C)c1=O. The van der Waals surface area contributed by atoms with Crippen LogP contribution in [0, 0.1) is 17.6 Å². The molecule has 3 aliphatic rings. The number of anilines is 3. The Kier molecular flexibility index (Phi) is 11.9. The third kappa shape index (κ3) is 8.47. The number of carbonyl (C=O) groups excluding carboxylic acids is 3. The molecule has 4 aromatic heterocycles. The molecule has 3 saturated heterocycles. The van der Waals surface area contributed by atoms with Crippen LogP contribution in [0.1, 0.15) is 81.5 Å². The van der Waals surface area contributed by atoms with Crippen LogP contribution in [0.25, 0.3) is 21.9 Å². The number of halogens is 3. The maximum absolute atomic E-state index is 16.2. The molecule has 8 rings (SSSR count). The topological polar surface area (TPSA) is 181 Å². The van der Waals surface area contributed by atoms with Gasteiger partial charge in [0, 0.05) is 62.5 Å². The van der Waals surface area contributed by atoms with Gasteiger partial charge in [0.1, 0.15) is 22.0 Å². The van der Waals surface area contributed by atoms with E-state index >= 15 is 8.78 Å². The summed E-state index contributed by atoms with van der Waals surface area (Å²) in [6.07, 6.45) is 6.61. The van der Waals surface area contributed by atoms with Gasteiger partial charge < -0.3 is 25.2 Å². The number of imide groups is 1. The van der Waals surface area contributed by atoms with Crippen molar-refractivity contribution in [1.82, 2.24) is 44.8 Å². The molecule has 3 aliphatic heterocycles. The van der Waals surface area contributed by atoms with Gasteiger partial charge in [0.05, 0.1) is 29.7 Å². The van der Waals surface area contributed by atoms with Gasteiger partial charge in [-0.3, -0.25) is 33.7 Å². The average Bonchev–Trinajstić information content (AvgIpc) is 3.56. The summed E-state index contributed by atoms with van der Waals surface area (Å²) in [4.78, 5) is 67.7. The molecule has 3 fully saturated rings. The van der Waals surface area contributed by atoms with Crippen molar-refractivity contribution in [1.29, 1.82) is 0 Å². The van der Waals surface area contributed by atoms with Crippen LogP contribution in [0.15, 0.2) is 35.4 Å². The maximum atomic E-state index is 16.2. The molecule has 19 heteroatoms. The van der Waals surface area contributed by atoms with Crippen LogP contribution in [-0.4, -0.2) is 98.3 Å². The summed E-state index contributed by atoms with van der Waals surface area (Å²) in [6, 6.07) is 4.47. The minimum Gasteiger partial charge on any atom is -0.478 e. The molecule has 3 amide bonds. The van der Waals surface area contributed by atoms with E-state index in [0.29, 0.717) is 65.4 Å². The Balaban J connectivity index is 0.881. The Bertz CT molecular complexity index is 2580. The molecule has 0 saturated carbocycles. The molecule has 61 heavy (non-hydrogen) atoms. The van der Waals surface area contributed by atoms with Gasteiger partial charge in [-0.1, -0.05) is 11.6 Å². The van der Waals surface area contributed by atoms with E-state index < -0.39 is 23.5 Å². The first kappa shape index (κ1) is 42.0. The number of piperidine rings is 3. The molecule has 0 bridgehead atoms. The van der Waals surface area contributed by atoms with E-state index in [9.17, 15) is 19.2 Å². The molecule has 7 heterocycles. The second-order valence-electron chi connectivity index (χ2n) is 16.4. The highest BCUT2D eigenvalue weighted by atomic mass is 35.5. The number of hydrogen-bond donors (Lipinski definition) is 3. The van der Waals surface area contributed by atoms with Crippen LogP contribution in [0.2, 0.25) is 5.02 Å². The first-order chi connectivity index (χ1) is 29.3. The van der Waals surface area contributed by atoms with Crippen molar-refractivity contribution in [2.75, 3.05) is 56.6 Å². The molecular formula is C42H48ClF2N11O5. The standard InChI is InChI=1S/C42H48ClF2N11O5/c1-22(2)56-39-25(16-31(41(56)60)61-21-33(58)46-3)15-26(18-47-39)49-38-29(43)19-48-42(51-38)55-13-7-23(8-14-55)20-54-11-9-24(10-12-54)34-30(44)17-28-36(52-53(4)37(28)35(34)45)27-5-6-32(57)50-40(27)59/h15-19,22-24,27H,5-14,20-21H2,1-4H3,(H,46,58)(H,48,49,51)(H,50,57,59). The minimum atomic E-state index is -0.747. The highest BCUT2D eigenvalue weighted by Crippen LogP contribution is 2.39. The van der Waals surface area contributed by atoms with Crippen LogP contribution in [0.5, 0.6) is 5.75 Å². The zero-order valence-corrected chi connectivity index (χ0v) is 35.2. The number of ether oxygens (including phenoxy) is 1. The summed E-state index contributed by atoms with van der Waals surface area (Å²) in [6.45, 7) is 7.24. The number of pyridine rings is 2. The number of aryl methyl sites for hydroxylation is 1. The van der Waals surface area contributed by atoms with Gasteiger partial charge in [-0.25, -0.2) is 18.7 Å². The average molecular weight is 860 g/mol. The monoisotopic (exact) mass is 859 g/mol. The third-order valence-electron chi connectivity index (χ3n) is 12.1. The quantitative estimate of drug-likeness (QED) is 0.150. The van der Waals surface area contributed by atoms with Gasteiger partial charge >= 0.3 is 0 Å². The van der Waals surface area contributed by atoms with E-state index in [2.05, 4.69) is 40.8 Å². The van der Waals surface area contributed by atoms with Gasteiger partial charge in [-0.2, -0.15) is 10.1 Å². The molecule has 0 radical (unpaired) electrons. The fraction of sp³-hybridized carbons (Fsp3) is 0.476. The maximum Gasteiger partial charge on any atom is 0.294 e. The third-order valence-corrected chi connectivity index (χ3v) is 12.3. The Hall–Kier alpha value is -5.75. The Labute approximate surface area is 355 Å². The first-order valence-electron chi connectivity index (χ1n) is 20.6. The van der Waals surface area contributed by atoms with Crippen LogP contribution in [0.3, 0.4) is 0 Å². The number of carbonyl (C=O) groups is 3. The van der Waals surface area contributed by atoms with E-state index in [-0.39, 0.29) is 76.7 Å². The smallest absolute Gasteiger partial charge is 0.294 e. The molecule has 5 aromatic rings. The van der Waals surface area contributed by atoms with Crippen molar-refractivity contribution in [3.8, 4) is 5.75 Å². The Morgan fingerprint density at radius 2 is 1.77 bits per heavy atom. The lowest BCUT2D eigenvalue weighted by Crippen LogP contribution is -2.42. The fourth-order valence-corrected chi connectivity index (χ4v) is 9.01. The molecule has 16 nitrogen and oxygen atoms in total. The van der Waals surface area contributed by atoms with Gasteiger partial charge in [0.25, 0.3) is 11.5 Å². The molecule has 0 aliphatic carbocycles. The number of nitrogens with zero attached hydrogens (tertiary/aromatic N) is 8. The summed E-state index contributed by atoms with van der Waals surface area (Å²) in [5, 5.41) is 13.7. The Morgan fingerprint density at radius 3 is 2.48 bits per heavy atom. The highest BCUT2D eigenvalue weighted by Gasteiger charge is 2.35. The summed E-state index contributed by atoms with van der Waals surface area (Å²) < 4.78 is 40.4. The molecule has 0 spiro atoms. The van der Waals surface area contributed by atoms with Crippen LogP contribution in [-0.2, 0) is 21.4 Å². The zero-order chi connectivity index (χ0) is 43.1. The summed E-state index contributed by atoms with van der Waals surface area (Å²) >= 11 is 6.57. The predicted molar refractivity (Wildman–Crippen MR) is 225 cm³/mol. The number of benzene rings is 1. The lowest BCUT2D eigenvalue weighted by molar-refractivity contribution is -0.134. The lowest BCUT2D eigenvalue weighted by Gasteiger charge is -2.38. The summed E-state index contributed by atoms with van der Waals surface area (Å²) in [7, 11) is 3.08. The number of rotatable bonds is 11. The molecule has 1 atom stereocenters. The number of fused-ring (bicyclic) bond motifs is 2. The van der Waals surface area contributed by atoms with E-state index in [1.54, 1.807) is 25.5 Å². The van der Waals surface area contributed by atoms with E-state index in [1.165, 1.54) is 22.4 Å². The van der Waals surface area contributed by atoms with Crippen LogP contribution in [0.4, 0.5) is 26.2 Å². The van der Waals surface area contributed by atoms with Crippen molar-refractivity contribution >= 4 is 68.7 Å². The van der Waals surface area contributed by atoms with Crippen molar-refractivity contribution < 1.29 is 27.9 Å². The Morgan fingerprint density at radius 1 is 1.02 bits per heavy atom. The fourth-order valence-electron chi connectivity index (χ4n) is 8.87. The predicted octanol–water partition coefficient (Wildman–Crippen LogP) is 5.07. The van der Waals surface area contributed by atoms with E-state index in [0.717, 1.165) is 32.5 Å². The number of amides is 3. The van der Waals surface area contributed by atoms with Gasteiger partial charge in [0.15, 0.2) is 24.0 Å². The number of likely N-dealkylation sites (N-methyl/N-ethyl adjacent to an activating group) is 1. The van der Waals surface area contributed by atoms with Gasteiger partial charge in [0.2, 0.25) is 17.8 Å². The van der Waals surface area contributed by atoms with Crippen molar-refractivity contribution in [3.05, 3.63) is 68.9 Å². The zero-order valence-electron chi connectivity index (χ0n) is 34.4. The number of aromatic nitrogens is 6.